The van der Waals surface area contributed by atoms with Gasteiger partial charge in [-0.05, 0) is 18.9 Å². The highest BCUT2D eigenvalue weighted by Gasteiger charge is 2.29. The average Bonchev–Trinajstić information content (AvgIpc) is 3.24. The van der Waals surface area contributed by atoms with E-state index in [1.807, 2.05) is 0 Å². The number of nitrogens with one attached hydrogen (secondary N) is 1. The fourth-order valence-electron chi connectivity index (χ4n) is 3.48. The van der Waals surface area contributed by atoms with Crippen molar-refractivity contribution in [3.05, 3.63) is 57.8 Å². The summed E-state index contributed by atoms with van der Waals surface area (Å²) in [5.74, 6) is -0.630. The molecular formula is C19H18N4O5. The summed E-state index contributed by atoms with van der Waals surface area (Å²) in [6.45, 7) is 1.03. The summed E-state index contributed by atoms with van der Waals surface area (Å²) in [6, 6.07) is 8.50. The predicted molar refractivity (Wildman–Crippen MR) is 98.1 cm³/mol. The molecule has 1 amide bonds. The quantitative estimate of drug-likeness (QED) is 0.685. The molecule has 0 saturated carbocycles. The predicted octanol–water partition coefficient (Wildman–Crippen LogP) is 1.72. The third kappa shape index (κ3) is 3.15. The first-order chi connectivity index (χ1) is 13.6. The number of rotatable bonds is 3. The first-order valence-corrected chi connectivity index (χ1v) is 8.90. The molecule has 1 fully saturated rings. The topological polar surface area (TPSA) is 118 Å². The molecule has 1 aliphatic heterocycles. The minimum atomic E-state index is -0.567. The minimum Gasteiger partial charge on any atom is -0.463 e. The van der Waals surface area contributed by atoms with Crippen LogP contribution >= 0.6 is 0 Å². The molecule has 144 valence electrons. The molecule has 0 atom stereocenters. The fourth-order valence-corrected chi connectivity index (χ4v) is 3.48. The molecule has 9 nitrogen and oxygen atoms in total. The second-order valence-corrected chi connectivity index (χ2v) is 6.62. The minimum absolute atomic E-state index is 0.0694. The molecule has 1 aromatic carbocycles. The standard InChI is InChI=1S/C19H18N4O5/c1-27-19(26)15-10-14(22-28-15)11-6-8-23(9-7-11)18(25)16-12-4-2-3-5-13(12)17(24)21-20-16/h2-5,10-11H,6-9H2,1H3,(H,21,24). The van der Waals surface area contributed by atoms with Crippen molar-refractivity contribution in [1.29, 1.82) is 0 Å². The van der Waals surface area contributed by atoms with Gasteiger partial charge >= 0.3 is 5.97 Å². The summed E-state index contributed by atoms with van der Waals surface area (Å²) in [5, 5.41) is 11.3. The lowest BCUT2D eigenvalue weighted by molar-refractivity contribution is 0.0553. The number of hydrogen-bond donors (Lipinski definition) is 1. The Hall–Kier alpha value is -3.49. The number of likely N-dealkylation sites (tertiary alicyclic amines) is 1. The molecule has 1 N–H and O–H groups in total. The normalized spacial score (nSPS) is 15.0. The molecule has 3 aromatic rings. The first-order valence-electron chi connectivity index (χ1n) is 8.90. The number of amides is 1. The number of fused-ring (bicyclic) bond motifs is 1. The Balaban J connectivity index is 1.49. The molecule has 0 aliphatic carbocycles. The molecule has 1 saturated heterocycles. The number of hydrogen-bond acceptors (Lipinski definition) is 7. The highest BCUT2D eigenvalue weighted by atomic mass is 16.5. The summed E-state index contributed by atoms with van der Waals surface area (Å²) in [5.41, 5.74) is 0.599. The number of carbonyl (C=O) groups excluding carboxylic acids is 2. The number of benzene rings is 1. The van der Waals surface area contributed by atoms with Crippen molar-refractivity contribution in [2.45, 2.75) is 18.8 Å². The van der Waals surface area contributed by atoms with Crippen LogP contribution in [0.15, 0.2) is 39.6 Å². The molecule has 0 bridgehead atoms. The number of H-pyrrole nitrogens is 1. The van der Waals surface area contributed by atoms with Crippen LogP contribution in [0.2, 0.25) is 0 Å². The van der Waals surface area contributed by atoms with Gasteiger partial charge in [0.15, 0.2) is 5.69 Å². The van der Waals surface area contributed by atoms with Gasteiger partial charge in [0.1, 0.15) is 0 Å². The maximum Gasteiger partial charge on any atom is 0.376 e. The van der Waals surface area contributed by atoms with Gasteiger partial charge in [-0.1, -0.05) is 23.4 Å². The molecule has 9 heteroatoms. The Kier molecular flexibility index (Phi) is 4.64. The molecule has 2 aromatic heterocycles. The van der Waals surface area contributed by atoms with E-state index in [1.165, 1.54) is 7.11 Å². The molecule has 0 unspecified atom stereocenters. The molecule has 0 radical (unpaired) electrons. The molecule has 0 spiro atoms. The Labute approximate surface area is 159 Å². The van der Waals surface area contributed by atoms with Gasteiger partial charge in [0.05, 0.1) is 18.2 Å². The lowest BCUT2D eigenvalue weighted by Gasteiger charge is -2.30. The maximum absolute atomic E-state index is 12.9. The van der Waals surface area contributed by atoms with Crippen LogP contribution in [0.1, 0.15) is 45.5 Å². The van der Waals surface area contributed by atoms with E-state index in [9.17, 15) is 14.4 Å². The molecule has 1 aliphatic rings. The summed E-state index contributed by atoms with van der Waals surface area (Å²) in [4.78, 5) is 38.1. The van der Waals surface area contributed by atoms with E-state index in [1.54, 1.807) is 35.2 Å². The van der Waals surface area contributed by atoms with E-state index in [4.69, 9.17) is 4.52 Å². The number of piperidine rings is 1. The molecular weight excluding hydrogens is 364 g/mol. The maximum atomic E-state index is 12.9. The number of methoxy groups -OCH3 is 1. The van der Waals surface area contributed by atoms with Crippen molar-refractivity contribution in [3.63, 3.8) is 0 Å². The monoisotopic (exact) mass is 382 g/mol. The first kappa shape index (κ1) is 17.9. The van der Waals surface area contributed by atoms with E-state index < -0.39 is 5.97 Å². The highest BCUT2D eigenvalue weighted by Crippen LogP contribution is 2.29. The third-order valence-electron chi connectivity index (χ3n) is 5.01. The SMILES string of the molecule is COC(=O)c1cc(C2CCN(C(=O)c3n[nH]c(=O)c4ccccc34)CC2)no1. The van der Waals surface area contributed by atoms with Crippen LogP contribution in [0.5, 0.6) is 0 Å². The Bertz CT molecular complexity index is 1090. The Morgan fingerprint density at radius 3 is 2.64 bits per heavy atom. The van der Waals surface area contributed by atoms with Crippen molar-refractivity contribution in [1.82, 2.24) is 20.3 Å². The summed E-state index contributed by atoms with van der Waals surface area (Å²) >= 11 is 0. The van der Waals surface area contributed by atoms with Crippen LogP contribution in [0.4, 0.5) is 0 Å². The number of esters is 1. The van der Waals surface area contributed by atoms with Gasteiger partial charge in [-0.2, -0.15) is 5.10 Å². The van der Waals surface area contributed by atoms with E-state index in [2.05, 4.69) is 20.1 Å². The zero-order valence-corrected chi connectivity index (χ0v) is 15.2. The van der Waals surface area contributed by atoms with Gasteiger partial charge < -0.3 is 14.2 Å². The van der Waals surface area contributed by atoms with Gasteiger partial charge in [0, 0.05) is 30.5 Å². The molecule has 4 rings (SSSR count). The fraction of sp³-hybridized carbons (Fsp3) is 0.316. The summed E-state index contributed by atoms with van der Waals surface area (Å²) < 4.78 is 9.64. The second kappa shape index (κ2) is 7.26. The van der Waals surface area contributed by atoms with Crippen LogP contribution in [0, 0.1) is 0 Å². The van der Waals surface area contributed by atoms with E-state index >= 15 is 0 Å². The number of ether oxygens (including phenoxy) is 1. The van der Waals surface area contributed by atoms with Crippen molar-refractivity contribution in [3.8, 4) is 0 Å². The zero-order chi connectivity index (χ0) is 19.7. The number of aromatic amines is 1. The Morgan fingerprint density at radius 1 is 1.21 bits per heavy atom. The van der Waals surface area contributed by atoms with Crippen LogP contribution in [-0.4, -0.2) is 52.3 Å². The van der Waals surface area contributed by atoms with Gasteiger partial charge in [0.25, 0.3) is 11.5 Å². The summed E-state index contributed by atoms with van der Waals surface area (Å²) in [7, 11) is 1.28. The zero-order valence-electron chi connectivity index (χ0n) is 15.2. The molecule has 28 heavy (non-hydrogen) atoms. The number of nitrogens with zero attached hydrogens (tertiary/aromatic N) is 3. The van der Waals surface area contributed by atoms with Crippen molar-refractivity contribution in [2.75, 3.05) is 20.2 Å². The van der Waals surface area contributed by atoms with Crippen molar-refractivity contribution < 1.29 is 18.8 Å². The third-order valence-corrected chi connectivity index (χ3v) is 5.01. The van der Waals surface area contributed by atoms with Crippen LogP contribution in [0.25, 0.3) is 10.8 Å². The smallest absolute Gasteiger partial charge is 0.376 e. The highest BCUT2D eigenvalue weighted by molar-refractivity contribution is 6.04. The number of aromatic nitrogens is 3. The van der Waals surface area contributed by atoms with Gasteiger partial charge in [-0.3, -0.25) is 9.59 Å². The van der Waals surface area contributed by atoms with E-state index in [0.29, 0.717) is 42.4 Å². The van der Waals surface area contributed by atoms with Gasteiger partial charge in [-0.15, -0.1) is 0 Å². The van der Waals surface area contributed by atoms with Crippen molar-refractivity contribution in [2.24, 2.45) is 0 Å². The van der Waals surface area contributed by atoms with Crippen LogP contribution in [-0.2, 0) is 4.74 Å². The summed E-state index contributed by atoms with van der Waals surface area (Å²) in [6.07, 6.45) is 1.36. The van der Waals surface area contributed by atoms with E-state index in [0.717, 1.165) is 0 Å². The lowest BCUT2D eigenvalue weighted by atomic mass is 9.93. The Morgan fingerprint density at radius 2 is 1.93 bits per heavy atom. The van der Waals surface area contributed by atoms with Crippen LogP contribution in [0.3, 0.4) is 0 Å². The largest absolute Gasteiger partial charge is 0.463 e. The van der Waals surface area contributed by atoms with Gasteiger partial charge in [-0.25, -0.2) is 9.89 Å². The van der Waals surface area contributed by atoms with Gasteiger partial charge in [0.2, 0.25) is 5.76 Å². The van der Waals surface area contributed by atoms with Crippen molar-refractivity contribution >= 4 is 22.6 Å². The average molecular weight is 382 g/mol. The molecule has 3 heterocycles. The lowest BCUT2D eigenvalue weighted by Crippen LogP contribution is -2.38. The second-order valence-electron chi connectivity index (χ2n) is 6.62. The van der Waals surface area contributed by atoms with E-state index in [-0.39, 0.29) is 28.8 Å². The van der Waals surface area contributed by atoms with Crippen LogP contribution < -0.4 is 5.56 Å². The number of carbonyl (C=O) groups is 2.